The van der Waals surface area contributed by atoms with Crippen LogP contribution in [-0.2, 0) is 17.1 Å². The van der Waals surface area contributed by atoms with Crippen LogP contribution in [0.3, 0.4) is 0 Å². The van der Waals surface area contributed by atoms with E-state index in [1.807, 2.05) is 0 Å². The Morgan fingerprint density at radius 2 is 0.688 bits per heavy atom. The van der Waals surface area contributed by atoms with Gasteiger partial charge in [-0.05, 0) is 0 Å². The minimum absolute atomic E-state index is 0. The monoisotopic (exact) mass is 419 g/mol. The van der Waals surface area contributed by atoms with E-state index in [4.69, 9.17) is 0 Å². The van der Waals surface area contributed by atoms with E-state index < -0.39 is 0 Å². The molecule has 0 aliphatic rings. The van der Waals surface area contributed by atoms with Crippen LogP contribution in [0.25, 0.3) is 0 Å². The van der Waals surface area contributed by atoms with Crippen molar-refractivity contribution in [3.8, 4) is 0 Å². The average molecular weight is 421 g/mol. The molecular weight excluding hydrogens is 391 g/mol. The first-order valence-electron chi connectivity index (χ1n) is 5.12. The Balaban J connectivity index is -0.0000000135. The third-order valence-electron chi connectivity index (χ3n) is 1.06. The quantitative estimate of drug-likeness (QED) is 0.310. The van der Waals surface area contributed by atoms with Crippen molar-refractivity contribution in [1.82, 2.24) is 0 Å². The van der Waals surface area contributed by atoms with Gasteiger partial charge in [0, 0.05) is 0 Å². The molecule has 0 aliphatic carbocycles. The van der Waals surface area contributed by atoms with Crippen molar-refractivity contribution in [2.24, 2.45) is 0 Å². The van der Waals surface area contributed by atoms with E-state index in [1.165, 1.54) is 19.3 Å². The summed E-state index contributed by atoms with van der Waals surface area (Å²) in [6.07, 6.45) is 6.83. The molecule has 0 spiro atoms. The summed E-state index contributed by atoms with van der Waals surface area (Å²) < 4.78 is 0. The zero-order valence-corrected chi connectivity index (χ0v) is 16.9. The van der Waals surface area contributed by atoms with Crippen LogP contribution >= 0.6 is 9.90 Å². The first-order valence-corrected chi connectivity index (χ1v) is 5.12. The maximum atomic E-state index is 3.60. The van der Waals surface area contributed by atoms with Gasteiger partial charge in [-0.2, -0.15) is 29.2 Å². The molecule has 0 saturated heterocycles. The summed E-state index contributed by atoms with van der Waals surface area (Å²) in [4.78, 5) is 0. The van der Waals surface area contributed by atoms with E-state index in [9.17, 15) is 0 Å². The minimum Gasteiger partial charge on any atom is -1.00 e. The molecule has 0 saturated carbocycles. The van der Waals surface area contributed by atoms with Gasteiger partial charge in [-0.15, -0.1) is 0 Å². The fourth-order valence-corrected chi connectivity index (χ4v) is 0. The van der Waals surface area contributed by atoms with Gasteiger partial charge in [-0.3, -0.25) is 0 Å². The molecular formula is C12H30Br2FeP. The molecule has 0 aromatic rings. The van der Waals surface area contributed by atoms with Crippen LogP contribution in [0, 0.1) is 20.8 Å². The molecule has 1 radical (unpaired) electrons. The maximum absolute atomic E-state index is 3.60. The van der Waals surface area contributed by atoms with Gasteiger partial charge in [0.2, 0.25) is 0 Å². The standard InChI is InChI=1S/3C4H9.2BrH.Fe.H3P/c3*1-3-4-2;;;;/h3*1,3-4H2,2H3;2*1H;;1H3/q3*-1;;;+5;/p-2. The molecule has 0 fully saturated rings. The molecule has 0 aromatic heterocycles. The van der Waals surface area contributed by atoms with Gasteiger partial charge >= 0.3 is 17.1 Å². The van der Waals surface area contributed by atoms with Crippen molar-refractivity contribution in [2.75, 3.05) is 0 Å². The molecule has 0 rings (SSSR count). The Hall–Kier alpha value is 1.91. The molecule has 16 heavy (non-hydrogen) atoms. The van der Waals surface area contributed by atoms with Crippen LogP contribution < -0.4 is 34.0 Å². The number of rotatable bonds is 3. The summed E-state index contributed by atoms with van der Waals surface area (Å²) in [6, 6.07) is 0. The van der Waals surface area contributed by atoms with Gasteiger partial charge in [0.1, 0.15) is 0 Å². The second-order valence-corrected chi connectivity index (χ2v) is 2.56. The van der Waals surface area contributed by atoms with E-state index in [-0.39, 0.29) is 60.9 Å². The van der Waals surface area contributed by atoms with E-state index in [0.29, 0.717) is 0 Å². The molecule has 0 nitrogen and oxygen atoms in total. The Morgan fingerprint density at radius 1 is 0.625 bits per heavy atom. The largest absolute Gasteiger partial charge is 5.00 e. The van der Waals surface area contributed by atoms with Crippen molar-refractivity contribution in [1.29, 1.82) is 0 Å². The van der Waals surface area contributed by atoms with Gasteiger partial charge in [0.05, 0.1) is 0 Å². The smallest absolute Gasteiger partial charge is 1.00 e. The Labute approximate surface area is 140 Å². The minimum atomic E-state index is 0. The second-order valence-electron chi connectivity index (χ2n) is 2.56. The van der Waals surface area contributed by atoms with Gasteiger partial charge in [0.15, 0.2) is 0 Å². The van der Waals surface area contributed by atoms with Crippen LogP contribution in [-0.4, -0.2) is 0 Å². The van der Waals surface area contributed by atoms with Gasteiger partial charge in [0.25, 0.3) is 0 Å². The first kappa shape index (κ1) is 43.0. The van der Waals surface area contributed by atoms with Gasteiger partial charge in [-0.25, -0.2) is 0 Å². The maximum Gasteiger partial charge on any atom is 5.00 e. The van der Waals surface area contributed by atoms with E-state index in [1.54, 1.807) is 0 Å². The topological polar surface area (TPSA) is 0 Å². The Morgan fingerprint density at radius 3 is 0.688 bits per heavy atom. The summed E-state index contributed by atoms with van der Waals surface area (Å²) in [5.41, 5.74) is 0. The third-order valence-corrected chi connectivity index (χ3v) is 1.06. The summed E-state index contributed by atoms with van der Waals surface area (Å²) in [5, 5.41) is 0. The summed E-state index contributed by atoms with van der Waals surface area (Å²) in [6.45, 7) is 17.2. The van der Waals surface area contributed by atoms with Crippen LogP contribution in [0.1, 0.15) is 59.3 Å². The van der Waals surface area contributed by atoms with Gasteiger partial charge in [-0.1, -0.05) is 40.0 Å². The van der Waals surface area contributed by atoms with E-state index >= 15 is 0 Å². The predicted molar refractivity (Wildman–Crippen MR) is 71.9 cm³/mol. The van der Waals surface area contributed by atoms with Crippen molar-refractivity contribution in [2.45, 2.75) is 59.3 Å². The molecule has 1 atom stereocenters. The zero-order valence-electron chi connectivity index (χ0n) is 11.2. The van der Waals surface area contributed by atoms with Crippen molar-refractivity contribution in [3.05, 3.63) is 20.8 Å². The van der Waals surface area contributed by atoms with Crippen molar-refractivity contribution >= 4 is 9.90 Å². The molecule has 105 valence electrons. The average Bonchev–Trinajstić information content (AvgIpc) is 2.18. The Kier molecular flexibility index (Phi) is 184. The first-order chi connectivity index (χ1) is 5.74. The summed E-state index contributed by atoms with van der Waals surface area (Å²) in [7, 11) is 0. The molecule has 0 aromatic carbocycles. The third kappa shape index (κ3) is 147. The fourth-order valence-electron chi connectivity index (χ4n) is 0. The van der Waals surface area contributed by atoms with Crippen molar-refractivity contribution in [3.63, 3.8) is 0 Å². The molecule has 4 heteroatoms. The SMILES string of the molecule is P.[Br-].[Br-].[CH2-]CCC.[CH2-]CCC.[CH2-]CCC.[Fe+5]. The van der Waals surface area contributed by atoms with Crippen molar-refractivity contribution < 1.29 is 51.0 Å². The molecule has 0 heterocycles. The molecule has 0 N–H and O–H groups in total. The molecule has 1 unspecified atom stereocenters. The molecule has 0 amide bonds. The van der Waals surface area contributed by atoms with Crippen LogP contribution in [0.5, 0.6) is 0 Å². The Bertz CT molecular complexity index is 34.5. The van der Waals surface area contributed by atoms with Crippen LogP contribution in [0.15, 0.2) is 0 Å². The zero-order chi connectivity index (χ0) is 10.2. The van der Waals surface area contributed by atoms with E-state index in [0.717, 1.165) is 19.3 Å². The number of hydrogen-bond donors (Lipinski definition) is 0. The predicted octanol–water partition coefficient (Wildman–Crippen LogP) is -1.07. The molecule has 0 bridgehead atoms. The fraction of sp³-hybridized carbons (Fsp3) is 0.750. The normalized spacial score (nSPS) is 5.62. The number of halogens is 2. The summed E-state index contributed by atoms with van der Waals surface area (Å²) >= 11 is 0. The summed E-state index contributed by atoms with van der Waals surface area (Å²) in [5.74, 6) is 0. The van der Waals surface area contributed by atoms with Gasteiger partial charge < -0.3 is 54.7 Å². The second kappa shape index (κ2) is 68.4. The van der Waals surface area contributed by atoms with Crippen LogP contribution in [0.4, 0.5) is 0 Å². The number of unbranched alkanes of at least 4 members (excludes halogenated alkanes) is 3. The van der Waals surface area contributed by atoms with Crippen LogP contribution in [0.2, 0.25) is 0 Å². The number of hydrogen-bond acceptors (Lipinski definition) is 0. The molecule has 0 aliphatic heterocycles. The van der Waals surface area contributed by atoms with E-state index in [2.05, 4.69) is 41.5 Å².